The van der Waals surface area contributed by atoms with Gasteiger partial charge in [-0.05, 0) is 12.0 Å². The molecule has 0 aliphatic carbocycles. The minimum Gasteiger partial charge on any atom is -0.394 e. The van der Waals surface area contributed by atoms with Gasteiger partial charge in [-0.15, -0.1) is 0 Å². The van der Waals surface area contributed by atoms with E-state index < -0.39 is 0 Å². The number of carbonyl (C=O) groups excluding carboxylic acids is 1. The van der Waals surface area contributed by atoms with Crippen molar-refractivity contribution in [1.29, 1.82) is 0 Å². The minimum atomic E-state index is -0.280. The Hall–Kier alpha value is -2.74. The van der Waals surface area contributed by atoms with Gasteiger partial charge in [0, 0.05) is 31.4 Å². The van der Waals surface area contributed by atoms with Gasteiger partial charge in [-0.2, -0.15) is 5.10 Å². The number of aliphatic hydroxyl groups is 1. The molecule has 0 fully saturated rings. The highest BCUT2D eigenvalue weighted by Gasteiger charge is 2.15. The van der Waals surface area contributed by atoms with Crippen molar-refractivity contribution >= 4 is 22.5 Å². The first-order valence-corrected chi connectivity index (χ1v) is 8.23. The first-order valence-electron chi connectivity index (χ1n) is 8.23. The molecule has 0 saturated heterocycles. The number of fused-ring (bicyclic) bond motifs is 3. The van der Waals surface area contributed by atoms with E-state index in [9.17, 15) is 14.7 Å². The number of rotatable bonds is 6. The quantitative estimate of drug-likeness (QED) is 0.681. The minimum absolute atomic E-state index is 0.106. The van der Waals surface area contributed by atoms with Crippen LogP contribution in [0.1, 0.15) is 20.3 Å². The number of pyridine rings is 1. The number of nitrogens with one attached hydrogen (secondary N) is 1. The molecule has 25 heavy (non-hydrogen) atoms. The highest BCUT2D eigenvalue weighted by Crippen LogP contribution is 2.10. The van der Waals surface area contributed by atoms with Crippen molar-refractivity contribution in [3.8, 4) is 0 Å². The Labute approximate surface area is 144 Å². The summed E-state index contributed by atoms with van der Waals surface area (Å²) < 4.78 is 3.10. The summed E-state index contributed by atoms with van der Waals surface area (Å²) in [5.41, 5.74) is 1.14. The van der Waals surface area contributed by atoms with E-state index in [2.05, 4.69) is 15.4 Å². The van der Waals surface area contributed by atoms with Crippen LogP contribution < -0.4 is 10.9 Å². The maximum absolute atomic E-state index is 12.6. The van der Waals surface area contributed by atoms with Gasteiger partial charge in [-0.1, -0.05) is 13.8 Å². The normalized spacial score (nSPS) is 12.8. The SMILES string of the molecule is CC(C)C(CO)NC(=O)CCn1ccc2c(cnc3ccnn32)c1=O. The molecule has 8 heteroatoms. The zero-order chi connectivity index (χ0) is 18.0. The van der Waals surface area contributed by atoms with Crippen LogP contribution in [-0.4, -0.2) is 42.8 Å². The van der Waals surface area contributed by atoms with E-state index in [1.54, 1.807) is 29.0 Å². The Morgan fingerprint density at radius 1 is 1.36 bits per heavy atom. The number of nitrogens with zero attached hydrogens (tertiary/aromatic N) is 4. The Balaban J connectivity index is 1.78. The van der Waals surface area contributed by atoms with Crippen LogP contribution in [0.5, 0.6) is 0 Å². The van der Waals surface area contributed by atoms with Gasteiger partial charge in [0.1, 0.15) is 0 Å². The molecule has 0 radical (unpaired) electrons. The Morgan fingerprint density at radius 2 is 2.16 bits per heavy atom. The Kier molecular flexibility index (Phi) is 4.80. The van der Waals surface area contributed by atoms with Gasteiger partial charge >= 0.3 is 0 Å². The van der Waals surface area contributed by atoms with Crippen molar-refractivity contribution in [2.24, 2.45) is 5.92 Å². The Morgan fingerprint density at radius 3 is 2.88 bits per heavy atom. The molecule has 132 valence electrons. The lowest BCUT2D eigenvalue weighted by molar-refractivity contribution is -0.122. The van der Waals surface area contributed by atoms with E-state index in [0.29, 0.717) is 16.6 Å². The van der Waals surface area contributed by atoms with Gasteiger partial charge in [-0.3, -0.25) is 9.59 Å². The highest BCUT2D eigenvalue weighted by atomic mass is 16.3. The van der Waals surface area contributed by atoms with Crippen molar-refractivity contribution < 1.29 is 9.90 Å². The second-order valence-electron chi connectivity index (χ2n) is 6.32. The third-order valence-corrected chi connectivity index (χ3v) is 4.28. The van der Waals surface area contributed by atoms with Crippen LogP contribution in [0.25, 0.3) is 16.6 Å². The molecule has 0 aliphatic rings. The maximum Gasteiger partial charge on any atom is 0.261 e. The molecule has 0 spiro atoms. The number of aromatic nitrogens is 4. The van der Waals surface area contributed by atoms with Gasteiger partial charge in [0.05, 0.1) is 29.7 Å². The summed E-state index contributed by atoms with van der Waals surface area (Å²) in [4.78, 5) is 28.9. The zero-order valence-electron chi connectivity index (χ0n) is 14.2. The van der Waals surface area contributed by atoms with Gasteiger partial charge in [-0.25, -0.2) is 9.50 Å². The van der Waals surface area contributed by atoms with Crippen molar-refractivity contribution in [1.82, 2.24) is 24.5 Å². The van der Waals surface area contributed by atoms with Gasteiger partial charge in [0.15, 0.2) is 5.65 Å². The summed E-state index contributed by atoms with van der Waals surface area (Å²) in [5.74, 6) is -0.0553. The molecule has 1 atom stereocenters. The molecule has 1 amide bonds. The number of carbonyl (C=O) groups is 1. The molecule has 8 nitrogen and oxygen atoms in total. The van der Waals surface area contributed by atoms with Crippen molar-refractivity contribution in [3.63, 3.8) is 0 Å². The maximum atomic E-state index is 12.6. The summed E-state index contributed by atoms with van der Waals surface area (Å²) in [7, 11) is 0. The molecule has 0 saturated carbocycles. The Bertz CT molecular complexity index is 960. The summed E-state index contributed by atoms with van der Waals surface area (Å²) >= 11 is 0. The standard InChI is InChI=1S/C17H21N5O3/c1-11(2)13(10-23)20-16(24)5-8-21-7-4-14-12(17(21)25)9-18-15-3-6-19-22(14)15/h3-4,6-7,9,11,13,23H,5,8,10H2,1-2H3,(H,20,24). The van der Waals surface area contributed by atoms with E-state index in [1.807, 2.05) is 13.8 Å². The van der Waals surface area contributed by atoms with Crippen LogP contribution in [0.3, 0.4) is 0 Å². The van der Waals surface area contributed by atoms with E-state index in [4.69, 9.17) is 0 Å². The second-order valence-corrected chi connectivity index (χ2v) is 6.32. The predicted octanol–water partition coefficient (Wildman–Crippen LogP) is 0.567. The molecule has 3 rings (SSSR count). The van der Waals surface area contributed by atoms with Crippen molar-refractivity contribution in [2.45, 2.75) is 32.9 Å². The summed E-state index contributed by atoms with van der Waals surface area (Å²) in [5, 5.41) is 16.7. The summed E-state index contributed by atoms with van der Waals surface area (Å²) in [6.07, 6.45) is 4.98. The average molecular weight is 343 g/mol. The van der Waals surface area contributed by atoms with E-state index in [-0.39, 0.29) is 43.0 Å². The smallest absolute Gasteiger partial charge is 0.261 e. The van der Waals surface area contributed by atoms with Crippen molar-refractivity contribution in [3.05, 3.63) is 41.1 Å². The number of aryl methyl sites for hydroxylation is 1. The van der Waals surface area contributed by atoms with Gasteiger partial charge < -0.3 is 15.0 Å². The van der Waals surface area contributed by atoms with Crippen LogP contribution in [-0.2, 0) is 11.3 Å². The molecular formula is C17H21N5O3. The second kappa shape index (κ2) is 7.02. The molecule has 0 bridgehead atoms. The van der Waals surface area contributed by atoms with Crippen LogP contribution in [0.2, 0.25) is 0 Å². The van der Waals surface area contributed by atoms with E-state index in [1.165, 1.54) is 10.8 Å². The van der Waals surface area contributed by atoms with Crippen LogP contribution >= 0.6 is 0 Å². The predicted molar refractivity (Wildman–Crippen MR) is 93.2 cm³/mol. The summed E-state index contributed by atoms with van der Waals surface area (Å²) in [6.45, 7) is 4.01. The average Bonchev–Trinajstić information content (AvgIpc) is 3.07. The number of amides is 1. The number of aliphatic hydroxyl groups excluding tert-OH is 1. The highest BCUT2D eigenvalue weighted by molar-refractivity contribution is 5.79. The first kappa shape index (κ1) is 17.1. The van der Waals surface area contributed by atoms with Crippen LogP contribution in [0, 0.1) is 5.92 Å². The molecule has 3 aromatic rings. The topological polar surface area (TPSA) is 102 Å². The molecule has 2 N–H and O–H groups in total. The third-order valence-electron chi connectivity index (χ3n) is 4.28. The molecule has 0 aliphatic heterocycles. The lowest BCUT2D eigenvalue weighted by Crippen LogP contribution is -2.41. The molecule has 3 aromatic heterocycles. The van der Waals surface area contributed by atoms with Crippen LogP contribution in [0.4, 0.5) is 0 Å². The first-order chi connectivity index (χ1) is 12.0. The molecule has 0 aromatic carbocycles. The summed E-state index contributed by atoms with van der Waals surface area (Å²) in [6, 6.07) is 3.28. The van der Waals surface area contributed by atoms with Crippen LogP contribution in [0.15, 0.2) is 35.5 Å². The largest absolute Gasteiger partial charge is 0.394 e. The molecule has 3 heterocycles. The van der Waals surface area contributed by atoms with Gasteiger partial charge in [0.25, 0.3) is 5.56 Å². The van der Waals surface area contributed by atoms with E-state index >= 15 is 0 Å². The fraction of sp³-hybridized carbons (Fsp3) is 0.412. The van der Waals surface area contributed by atoms with E-state index in [0.717, 1.165) is 0 Å². The molecular weight excluding hydrogens is 322 g/mol. The third kappa shape index (κ3) is 3.39. The lowest BCUT2D eigenvalue weighted by atomic mass is 10.1. The fourth-order valence-corrected chi connectivity index (χ4v) is 2.70. The zero-order valence-corrected chi connectivity index (χ0v) is 14.2. The molecule has 1 unspecified atom stereocenters. The lowest BCUT2D eigenvalue weighted by Gasteiger charge is -2.20. The van der Waals surface area contributed by atoms with Crippen molar-refractivity contribution in [2.75, 3.05) is 6.61 Å². The monoisotopic (exact) mass is 343 g/mol. The fourth-order valence-electron chi connectivity index (χ4n) is 2.70. The van der Waals surface area contributed by atoms with Gasteiger partial charge in [0.2, 0.25) is 5.91 Å². The number of hydrogen-bond donors (Lipinski definition) is 2. The number of hydrogen-bond acceptors (Lipinski definition) is 5.